The Hall–Kier alpha value is -0.540. The normalized spacial score (nSPS) is 14.6. The Morgan fingerprint density at radius 3 is 2.53 bits per heavy atom. The molecule has 0 amide bonds. The van der Waals surface area contributed by atoms with Crippen LogP contribution in [0.5, 0.6) is 0 Å². The van der Waals surface area contributed by atoms with E-state index in [2.05, 4.69) is 25.9 Å². The molecular formula is C15H28ClN3. The van der Waals surface area contributed by atoms with Gasteiger partial charge in [0.15, 0.2) is 0 Å². The molecule has 2 N–H and O–H groups in total. The van der Waals surface area contributed by atoms with Crippen LogP contribution in [0.1, 0.15) is 57.8 Å². The maximum atomic E-state index is 6.40. The molecule has 1 heterocycles. The second kappa shape index (κ2) is 7.91. The summed E-state index contributed by atoms with van der Waals surface area (Å²) < 4.78 is 1.99. The molecule has 1 rings (SSSR count). The van der Waals surface area contributed by atoms with E-state index in [1.165, 1.54) is 19.3 Å². The molecule has 0 aliphatic heterocycles. The molecule has 0 aliphatic rings. The lowest BCUT2D eigenvalue weighted by molar-refractivity contribution is 0.363. The van der Waals surface area contributed by atoms with Gasteiger partial charge >= 0.3 is 0 Å². The lowest BCUT2D eigenvalue weighted by atomic mass is 9.89. The van der Waals surface area contributed by atoms with E-state index in [1.807, 2.05) is 11.6 Å². The molecular weight excluding hydrogens is 258 g/mol. The van der Waals surface area contributed by atoms with E-state index >= 15 is 0 Å². The summed E-state index contributed by atoms with van der Waals surface area (Å²) in [5.74, 6) is 0.580. The molecule has 3 nitrogen and oxygen atoms in total. The third kappa shape index (κ3) is 4.22. The van der Waals surface area contributed by atoms with E-state index in [0.29, 0.717) is 5.92 Å². The molecule has 0 saturated carbocycles. The number of nitrogens with two attached hydrogens (primary N) is 1. The van der Waals surface area contributed by atoms with Crippen LogP contribution in [-0.2, 0) is 13.0 Å². The highest BCUT2D eigenvalue weighted by Gasteiger charge is 2.20. The summed E-state index contributed by atoms with van der Waals surface area (Å²) >= 11 is 6.35. The summed E-state index contributed by atoms with van der Waals surface area (Å²) in [4.78, 5) is 0. The molecule has 0 aromatic carbocycles. The van der Waals surface area contributed by atoms with Gasteiger partial charge in [0.2, 0.25) is 0 Å². The Labute approximate surface area is 122 Å². The maximum Gasteiger partial charge on any atom is 0.0847 e. The molecule has 0 fully saturated rings. The van der Waals surface area contributed by atoms with Gasteiger partial charge in [-0.15, -0.1) is 0 Å². The smallest absolute Gasteiger partial charge is 0.0847 e. The SMILES string of the molecule is CCCCC(CC)C(N)Cc1c(Cl)c(C)nn1CC. The van der Waals surface area contributed by atoms with Gasteiger partial charge in [-0.25, -0.2) is 0 Å². The summed E-state index contributed by atoms with van der Waals surface area (Å²) in [5, 5.41) is 5.25. The topological polar surface area (TPSA) is 43.8 Å². The minimum atomic E-state index is 0.176. The van der Waals surface area contributed by atoms with Gasteiger partial charge in [-0.3, -0.25) is 4.68 Å². The first-order chi connectivity index (χ1) is 9.04. The zero-order valence-electron chi connectivity index (χ0n) is 12.7. The molecule has 2 atom stereocenters. The van der Waals surface area contributed by atoms with Crippen molar-refractivity contribution >= 4 is 11.6 Å². The fourth-order valence-electron chi connectivity index (χ4n) is 2.64. The van der Waals surface area contributed by atoms with Crippen molar-refractivity contribution in [2.24, 2.45) is 11.7 Å². The lowest BCUT2D eigenvalue weighted by Gasteiger charge is -2.23. The molecule has 19 heavy (non-hydrogen) atoms. The van der Waals surface area contributed by atoms with Crippen LogP contribution in [0.2, 0.25) is 5.02 Å². The predicted octanol–water partition coefficient (Wildman–Crippen LogP) is 3.95. The number of aromatic nitrogens is 2. The van der Waals surface area contributed by atoms with E-state index in [4.69, 9.17) is 17.3 Å². The largest absolute Gasteiger partial charge is 0.327 e. The first kappa shape index (κ1) is 16.5. The van der Waals surface area contributed by atoms with Gasteiger partial charge in [-0.1, -0.05) is 44.7 Å². The van der Waals surface area contributed by atoms with Crippen molar-refractivity contribution in [3.8, 4) is 0 Å². The standard InChI is InChI=1S/C15H28ClN3/c1-5-8-9-12(6-2)13(17)10-14-15(16)11(4)18-19(14)7-3/h12-13H,5-10,17H2,1-4H3. The number of halogens is 1. The zero-order chi connectivity index (χ0) is 14.4. The van der Waals surface area contributed by atoms with E-state index in [0.717, 1.165) is 35.8 Å². The van der Waals surface area contributed by atoms with Crippen LogP contribution < -0.4 is 5.73 Å². The van der Waals surface area contributed by atoms with Crippen LogP contribution in [0.25, 0.3) is 0 Å². The molecule has 0 bridgehead atoms. The number of rotatable bonds is 8. The average molecular weight is 286 g/mol. The van der Waals surface area contributed by atoms with Crippen molar-refractivity contribution < 1.29 is 0 Å². The molecule has 0 saturated heterocycles. The van der Waals surface area contributed by atoms with Crippen LogP contribution in [0.15, 0.2) is 0 Å². The summed E-state index contributed by atoms with van der Waals surface area (Å²) in [6.45, 7) is 9.35. The van der Waals surface area contributed by atoms with E-state index in [1.54, 1.807) is 0 Å². The summed E-state index contributed by atoms with van der Waals surface area (Å²) in [6, 6.07) is 0.176. The second-order valence-electron chi connectivity index (χ2n) is 5.34. The number of unbranched alkanes of at least 4 members (excludes halogenated alkanes) is 1. The van der Waals surface area contributed by atoms with Crippen LogP contribution in [0, 0.1) is 12.8 Å². The Balaban J connectivity index is 2.77. The van der Waals surface area contributed by atoms with E-state index < -0.39 is 0 Å². The van der Waals surface area contributed by atoms with Crippen molar-refractivity contribution in [1.82, 2.24) is 9.78 Å². The average Bonchev–Trinajstić information content (AvgIpc) is 2.67. The lowest BCUT2D eigenvalue weighted by Crippen LogP contribution is -2.33. The zero-order valence-corrected chi connectivity index (χ0v) is 13.5. The number of hydrogen-bond donors (Lipinski definition) is 1. The van der Waals surface area contributed by atoms with Crippen LogP contribution in [0.3, 0.4) is 0 Å². The quantitative estimate of drug-likeness (QED) is 0.786. The van der Waals surface area contributed by atoms with Crippen LogP contribution >= 0.6 is 11.6 Å². The molecule has 1 aromatic rings. The third-order valence-corrected chi connectivity index (χ3v) is 4.43. The highest BCUT2D eigenvalue weighted by molar-refractivity contribution is 6.31. The van der Waals surface area contributed by atoms with Crippen molar-refractivity contribution in [3.63, 3.8) is 0 Å². The monoisotopic (exact) mass is 285 g/mol. The molecule has 4 heteroatoms. The van der Waals surface area contributed by atoms with Crippen LogP contribution in [0.4, 0.5) is 0 Å². The van der Waals surface area contributed by atoms with Gasteiger partial charge in [0.25, 0.3) is 0 Å². The van der Waals surface area contributed by atoms with E-state index in [9.17, 15) is 0 Å². The number of nitrogens with zero attached hydrogens (tertiary/aromatic N) is 2. The molecule has 2 unspecified atom stereocenters. The van der Waals surface area contributed by atoms with E-state index in [-0.39, 0.29) is 6.04 Å². The molecule has 110 valence electrons. The Morgan fingerprint density at radius 2 is 2.00 bits per heavy atom. The molecule has 0 aliphatic carbocycles. The van der Waals surface area contributed by atoms with Gasteiger partial charge < -0.3 is 5.73 Å². The summed E-state index contributed by atoms with van der Waals surface area (Å²) in [7, 11) is 0. The van der Waals surface area contributed by atoms with Crippen molar-refractivity contribution in [1.29, 1.82) is 0 Å². The van der Waals surface area contributed by atoms with Crippen LogP contribution in [-0.4, -0.2) is 15.8 Å². The first-order valence-electron chi connectivity index (χ1n) is 7.52. The van der Waals surface area contributed by atoms with Gasteiger partial charge in [-0.05, 0) is 26.2 Å². The first-order valence-corrected chi connectivity index (χ1v) is 7.90. The Bertz CT molecular complexity index is 387. The maximum absolute atomic E-state index is 6.40. The number of aryl methyl sites for hydroxylation is 2. The van der Waals surface area contributed by atoms with Gasteiger partial charge in [0, 0.05) is 19.0 Å². The highest BCUT2D eigenvalue weighted by atomic mass is 35.5. The van der Waals surface area contributed by atoms with Crippen molar-refractivity contribution in [2.45, 2.75) is 72.4 Å². The fourth-order valence-corrected chi connectivity index (χ4v) is 2.85. The Morgan fingerprint density at radius 1 is 1.32 bits per heavy atom. The van der Waals surface area contributed by atoms with Gasteiger partial charge in [0.05, 0.1) is 16.4 Å². The van der Waals surface area contributed by atoms with Crippen molar-refractivity contribution in [3.05, 3.63) is 16.4 Å². The second-order valence-corrected chi connectivity index (χ2v) is 5.72. The van der Waals surface area contributed by atoms with Gasteiger partial charge in [-0.2, -0.15) is 5.10 Å². The Kier molecular flexibility index (Phi) is 6.87. The minimum absolute atomic E-state index is 0.176. The third-order valence-electron chi connectivity index (χ3n) is 3.94. The number of hydrogen-bond acceptors (Lipinski definition) is 2. The van der Waals surface area contributed by atoms with Gasteiger partial charge in [0.1, 0.15) is 0 Å². The highest BCUT2D eigenvalue weighted by Crippen LogP contribution is 2.25. The fraction of sp³-hybridized carbons (Fsp3) is 0.800. The van der Waals surface area contributed by atoms with Crippen molar-refractivity contribution in [2.75, 3.05) is 0 Å². The predicted molar refractivity (Wildman–Crippen MR) is 82.6 cm³/mol. The molecule has 1 aromatic heterocycles. The minimum Gasteiger partial charge on any atom is -0.327 e. The molecule has 0 spiro atoms. The molecule has 0 radical (unpaired) electrons. The summed E-state index contributed by atoms with van der Waals surface area (Å²) in [5.41, 5.74) is 8.41. The summed E-state index contributed by atoms with van der Waals surface area (Å²) in [6.07, 6.45) is 5.67.